The van der Waals surface area contributed by atoms with Crippen molar-refractivity contribution in [3.8, 4) is 0 Å². The van der Waals surface area contributed by atoms with Crippen molar-refractivity contribution >= 4 is 23.2 Å². The summed E-state index contributed by atoms with van der Waals surface area (Å²) in [5.41, 5.74) is 6.64. The lowest BCUT2D eigenvalue weighted by Crippen LogP contribution is -2.14. The van der Waals surface area contributed by atoms with Crippen molar-refractivity contribution in [2.24, 2.45) is 5.73 Å². The number of nitrogens with two attached hydrogens (primary N) is 1. The second kappa shape index (κ2) is 5.18. The fourth-order valence-electron chi connectivity index (χ4n) is 1.52. The molecule has 1 unspecified atom stereocenters. The summed E-state index contributed by atoms with van der Waals surface area (Å²) in [6.07, 6.45) is 1.39. The van der Waals surface area contributed by atoms with Crippen molar-refractivity contribution in [2.75, 3.05) is 0 Å². The average molecular weight is 289 g/mol. The molecule has 0 fully saturated rings. The summed E-state index contributed by atoms with van der Waals surface area (Å²) in [5.74, 6) is -1.89. The molecule has 0 saturated heterocycles. The fourth-order valence-corrected chi connectivity index (χ4v) is 2.02. The smallest absolute Gasteiger partial charge is 0.159 e. The molecule has 0 amide bonds. The van der Waals surface area contributed by atoms with Crippen LogP contribution in [0.4, 0.5) is 8.78 Å². The normalized spacial score (nSPS) is 12.5. The highest BCUT2D eigenvalue weighted by atomic mass is 35.5. The van der Waals surface area contributed by atoms with Crippen molar-refractivity contribution in [3.63, 3.8) is 0 Å². The van der Waals surface area contributed by atoms with E-state index in [-0.39, 0.29) is 5.02 Å². The molecule has 2 N–H and O–H groups in total. The maximum Gasteiger partial charge on any atom is 0.159 e. The van der Waals surface area contributed by atoms with Gasteiger partial charge >= 0.3 is 0 Å². The molecule has 18 heavy (non-hydrogen) atoms. The topological polar surface area (TPSA) is 38.9 Å². The Morgan fingerprint density at radius 3 is 2.44 bits per heavy atom. The Morgan fingerprint density at radius 1 is 1.11 bits per heavy atom. The number of benzene rings is 1. The summed E-state index contributed by atoms with van der Waals surface area (Å²) < 4.78 is 25.9. The van der Waals surface area contributed by atoms with Crippen molar-refractivity contribution in [1.82, 2.24) is 4.98 Å². The Bertz CT molecular complexity index is 590. The summed E-state index contributed by atoms with van der Waals surface area (Å²) in [7, 11) is 0. The van der Waals surface area contributed by atoms with Gasteiger partial charge in [0.25, 0.3) is 0 Å². The van der Waals surface area contributed by atoms with Crippen molar-refractivity contribution in [1.29, 1.82) is 0 Å². The molecule has 2 nitrogen and oxygen atoms in total. The summed E-state index contributed by atoms with van der Waals surface area (Å²) in [4.78, 5) is 4.00. The Hall–Kier alpha value is -1.23. The molecule has 1 aromatic heterocycles. The minimum atomic E-state index is -0.965. The van der Waals surface area contributed by atoms with E-state index >= 15 is 0 Å². The van der Waals surface area contributed by atoms with E-state index < -0.39 is 17.7 Å². The van der Waals surface area contributed by atoms with Gasteiger partial charge in [0.1, 0.15) is 0 Å². The Labute approximate surface area is 112 Å². The van der Waals surface area contributed by atoms with Crippen LogP contribution in [0.15, 0.2) is 30.5 Å². The third-order valence-electron chi connectivity index (χ3n) is 2.43. The first-order chi connectivity index (χ1) is 8.49. The highest BCUT2D eigenvalue weighted by Gasteiger charge is 2.16. The van der Waals surface area contributed by atoms with Crippen LogP contribution < -0.4 is 5.73 Å². The van der Waals surface area contributed by atoms with Crippen molar-refractivity contribution < 1.29 is 8.78 Å². The van der Waals surface area contributed by atoms with E-state index in [2.05, 4.69) is 4.98 Å². The third-order valence-corrected chi connectivity index (χ3v) is 2.94. The molecule has 0 aliphatic heterocycles. The quantitative estimate of drug-likeness (QED) is 0.915. The van der Waals surface area contributed by atoms with Crippen molar-refractivity contribution in [3.05, 3.63) is 63.4 Å². The minimum Gasteiger partial charge on any atom is -0.319 e. The van der Waals surface area contributed by atoms with E-state index in [1.165, 1.54) is 18.3 Å². The predicted molar refractivity (Wildman–Crippen MR) is 66.6 cm³/mol. The van der Waals surface area contributed by atoms with Crippen LogP contribution in [-0.2, 0) is 0 Å². The molecule has 2 aromatic rings. The molecule has 0 aliphatic carbocycles. The van der Waals surface area contributed by atoms with E-state index in [9.17, 15) is 8.78 Å². The first-order valence-electron chi connectivity index (χ1n) is 5.00. The molecule has 0 radical (unpaired) electrons. The number of halogens is 4. The van der Waals surface area contributed by atoms with E-state index in [4.69, 9.17) is 28.9 Å². The Morgan fingerprint density at radius 2 is 1.83 bits per heavy atom. The standard InChI is InChI=1S/C12H8Cl2F2N2/c13-7-4-8(14)12(18-5-7)11(17)6-1-2-9(15)10(16)3-6/h1-5,11H,17H2. The molecule has 6 heteroatoms. The van der Waals surface area contributed by atoms with Crippen LogP contribution in [0.1, 0.15) is 17.3 Å². The zero-order valence-corrected chi connectivity index (χ0v) is 10.5. The highest BCUT2D eigenvalue weighted by molar-refractivity contribution is 6.34. The van der Waals surface area contributed by atoms with Gasteiger partial charge in [0.2, 0.25) is 0 Å². The molecule has 1 heterocycles. The maximum absolute atomic E-state index is 13.1. The van der Waals surface area contributed by atoms with Gasteiger partial charge in [0.05, 0.1) is 21.8 Å². The number of nitrogens with zero attached hydrogens (tertiary/aromatic N) is 1. The van der Waals surface area contributed by atoms with Crippen LogP contribution >= 0.6 is 23.2 Å². The molecule has 1 aromatic carbocycles. The number of pyridine rings is 1. The molecular weight excluding hydrogens is 281 g/mol. The van der Waals surface area contributed by atoms with Crippen LogP contribution in [-0.4, -0.2) is 4.98 Å². The lowest BCUT2D eigenvalue weighted by atomic mass is 10.0. The van der Waals surface area contributed by atoms with Gasteiger partial charge in [-0.25, -0.2) is 8.78 Å². The van der Waals surface area contributed by atoms with Gasteiger partial charge in [-0.05, 0) is 23.8 Å². The summed E-state index contributed by atoms with van der Waals surface area (Å²) in [6, 6.07) is 4.16. The van der Waals surface area contributed by atoms with Crippen LogP contribution in [0.5, 0.6) is 0 Å². The van der Waals surface area contributed by atoms with Crippen LogP contribution in [0.25, 0.3) is 0 Å². The average Bonchev–Trinajstić information content (AvgIpc) is 2.32. The molecule has 0 saturated carbocycles. The van der Waals surface area contributed by atoms with Crippen LogP contribution in [0.3, 0.4) is 0 Å². The largest absolute Gasteiger partial charge is 0.319 e. The first-order valence-corrected chi connectivity index (χ1v) is 5.76. The summed E-state index contributed by atoms with van der Waals surface area (Å²) >= 11 is 11.7. The molecule has 2 rings (SSSR count). The minimum absolute atomic E-state index is 0.278. The Kier molecular flexibility index (Phi) is 3.80. The second-order valence-corrected chi connectivity index (χ2v) is 4.52. The fraction of sp³-hybridized carbons (Fsp3) is 0.0833. The lowest BCUT2D eigenvalue weighted by molar-refractivity contribution is 0.506. The monoisotopic (exact) mass is 288 g/mol. The predicted octanol–water partition coefficient (Wildman–Crippen LogP) is 3.71. The molecule has 0 spiro atoms. The molecule has 0 bridgehead atoms. The SMILES string of the molecule is NC(c1ccc(F)c(F)c1)c1ncc(Cl)cc1Cl. The Balaban J connectivity index is 2.41. The van der Waals surface area contributed by atoms with E-state index in [1.54, 1.807) is 0 Å². The highest BCUT2D eigenvalue weighted by Crippen LogP contribution is 2.27. The number of hydrogen-bond acceptors (Lipinski definition) is 2. The molecule has 94 valence electrons. The number of aromatic nitrogens is 1. The number of rotatable bonds is 2. The van der Waals surface area contributed by atoms with Crippen LogP contribution in [0, 0.1) is 11.6 Å². The van der Waals surface area contributed by atoms with Gasteiger partial charge in [-0.1, -0.05) is 29.3 Å². The van der Waals surface area contributed by atoms with Gasteiger partial charge in [-0.3, -0.25) is 4.98 Å². The van der Waals surface area contributed by atoms with Gasteiger partial charge in [0, 0.05) is 6.20 Å². The van der Waals surface area contributed by atoms with Crippen molar-refractivity contribution in [2.45, 2.75) is 6.04 Å². The van der Waals surface area contributed by atoms with Gasteiger partial charge < -0.3 is 5.73 Å². The zero-order chi connectivity index (χ0) is 13.3. The van der Waals surface area contributed by atoms with E-state index in [0.717, 1.165) is 12.1 Å². The molecular formula is C12H8Cl2F2N2. The number of hydrogen-bond donors (Lipinski definition) is 1. The van der Waals surface area contributed by atoms with E-state index in [0.29, 0.717) is 16.3 Å². The van der Waals surface area contributed by atoms with E-state index in [1.807, 2.05) is 0 Å². The maximum atomic E-state index is 13.1. The zero-order valence-electron chi connectivity index (χ0n) is 9.00. The van der Waals surface area contributed by atoms with Crippen LogP contribution in [0.2, 0.25) is 10.0 Å². The van der Waals surface area contributed by atoms with Gasteiger partial charge in [0.15, 0.2) is 11.6 Å². The first kappa shape index (κ1) is 13.2. The summed E-state index contributed by atoms with van der Waals surface area (Å²) in [5, 5.41) is 0.654. The lowest BCUT2D eigenvalue weighted by Gasteiger charge is -2.13. The van der Waals surface area contributed by atoms with Gasteiger partial charge in [-0.2, -0.15) is 0 Å². The second-order valence-electron chi connectivity index (χ2n) is 3.67. The molecule has 1 atom stereocenters. The summed E-state index contributed by atoms with van der Waals surface area (Å²) in [6.45, 7) is 0. The third kappa shape index (κ3) is 2.61. The van der Waals surface area contributed by atoms with Gasteiger partial charge in [-0.15, -0.1) is 0 Å². The molecule has 0 aliphatic rings.